The summed E-state index contributed by atoms with van der Waals surface area (Å²) in [4.78, 5) is 16.3. The molecule has 1 amide bonds. The molecular formula is C13H19BrN2O2. The highest BCUT2D eigenvalue weighted by atomic mass is 79.9. The maximum absolute atomic E-state index is 12.1. The summed E-state index contributed by atoms with van der Waals surface area (Å²) in [6.45, 7) is 5.97. The number of carbonyl (C=O) groups is 1. The molecule has 100 valence electrons. The van der Waals surface area contributed by atoms with Crippen LogP contribution in [0.1, 0.15) is 25.8 Å². The summed E-state index contributed by atoms with van der Waals surface area (Å²) < 4.78 is 6.02. The topological polar surface area (TPSA) is 51.2 Å². The Bertz CT molecular complexity index is 423. The average molecular weight is 315 g/mol. The third-order valence-corrected chi connectivity index (χ3v) is 3.50. The Hall–Kier alpha value is -0.940. The molecule has 1 aromatic heterocycles. The summed E-state index contributed by atoms with van der Waals surface area (Å²) in [5, 5.41) is 2.78. The number of carbonyl (C=O) groups excluding carboxylic acids is 1. The monoisotopic (exact) mass is 314 g/mol. The van der Waals surface area contributed by atoms with Crippen LogP contribution in [0.4, 0.5) is 5.82 Å². The van der Waals surface area contributed by atoms with Crippen LogP contribution in [0.5, 0.6) is 0 Å². The van der Waals surface area contributed by atoms with E-state index >= 15 is 0 Å². The molecule has 0 radical (unpaired) electrons. The molecular weight excluding hydrogens is 296 g/mol. The highest BCUT2D eigenvalue weighted by Crippen LogP contribution is 2.21. The van der Waals surface area contributed by atoms with E-state index in [1.807, 2.05) is 26.8 Å². The van der Waals surface area contributed by atoms with E-state index in [4.69, 9.17) is 4.74 Å². The predicted molar refractivity (Wildman–Crippen MR) is 75.6 cm³/mol. The molecule has 4 nitrogen and oxygen atoms in total. The van der Waals surface area contributed by atoms with Gasteiger partial charge in [0.05, 0.1) is 4.47 Å². The highest BCUT2D eigenvalue weighted by molar-refractivity contribution is 9.10. The van der Waals surface area contributed by atoms with Gasteiger partial charge >= 0.3 is 0 Å². The highest BCUT2D eigenvalue weighted by Gasteiger charge is 2.24. The molecule has 0 saturated heterocycles. The number of rotatable bonds is 5. The lowest BCUT2D eigenvalue weighted by Crippen LogP contribution is -2.35. The number of pyridine rings is 1. The second kappa shape index (κ2) is 6.85. The van der Waals surface area contributed by atoms with Crippen molar-refractivity contribution in [3.05, 3.63) is 22.3 Å². The van der Waals surface area contributed by atoms with Gasteiger partial charge in [0.25, 0.3) is 5.91 Å². The van der Waals surface area contributed by atoms with Crippen molar-refractivity contribution in [2.45, 2.75) is 33.3 Å². The third kappa shape index (κ3) is 3.78. The van der Waals surface area contributed by atoms with Gasteiger partial charge in [0.2, 0.25) is 0 Å². The van der Waals surface area contributed by atoms with Crippen molar-refractivity contribution in [2.75, 3.05) is 12.4 Å². The van der Waals surface area contributed by atoms with Crippen molar-refractivity contribution >= 4 is 27.7 Å². The molecule has 1 aromatic rings. The van der Waals surface area contributed by atoms with Crippen LogP contribution >= 0.6 is 15.9 Å². The van der Waals surface area contributed by atoms with Crippen LogP contribution in [0.25, 0.3) is 0 Å². The zero-order chi connectivity index (χ0) is 13.7. The molecule has 0 fully saturated rings. The first-order valence-corrected chi connectivity index (χ1v) is 6.74. The summed E-state index contributed by atoms with van der Waals surface area (Å²) in [5.41, 5.74) is 1.03. The smallest absolute Gasteiger partial charge is 0.254 e. The van der Waals surface area contributed by atoms with Gasteiger partial charge in [0.15, 0.2) is 0 Å². The first-order chi connectivity index (χ1) is 8.49. The second-order valence-corrected chi connectivity index (χ2v) is 5.23. The predicted octanol–water partition coefficient (Wildman–Crippen LogP) is 3.15. The van der Waals surface area contributed by atoms with Gasteiger partial charge in [-0.2, -0.15) is 0 Å². The molecule has 18 heavy (non-hydrogen) atoms. The van der Waals surface area contributed by atoms with Crippen LogP contribution in [-0.4, -0.2) is 24.1 Å². The molecule has 0 saturated carbocycles. The fraction of sp³-hybridized carbons (Fsp3) is 0.538. The number of amides is 1. The van der Waals surface area contributed by atoms with Crippen molar-refractivity contribution in [2.24, 2.45) is 5.92 Å². The fourth-order valence-corrected chi connectivity index (χ4v) is 2.19. The number of nitrogens with zero attached hydrogens (tertiary/aromatic N) is 1. The largest absolute Gasteiger partial charge is 0.371 e. The van der Waals surface area contributed by atoms with Gasteiger partial charge in [-0.05, 0) is 40.4 Å². The Morgan fingerprint density at radius 1 is 1.61 bits per heavy atom. The Morgan fingerprint density at radius 2 is 2.28 bits per heavy atom. The summed E-state index contributed by atoms with van der Waals surface area (Å²) in [7, 11) is 1.55. The molecule has 2 unspecified atom stereocenters. The summed E-state index contributed by atoms with van der Waals surface area (Å²) >= 11 is 3.38. The van der Waals surface area contributed by atoms with E-state index < -0.39 is 6.10 Å². The van der Waals surface area contributed by atoms with E-state index in [2.05, 4.69) is 26.2 Å². The molecule has 1 rings (SSSR count). The Morgan fingerprint density at radius 3 is 2.78 bits per heavy atom. The summed E-state index contributed by atoms with van der Waals surface area (Å²) in [6, 6.07) is 1.91. The molecule has 0 aromatic carbocycles. The number of anilines is 1. The molecule has 1 N–H and O–H groups in total. The minimum atomic E-state index is -0.454. The van der Waals surface area contributed by atoms with Gasteiger partial charge in [-0.15, -0.1) is 0 Å². The molecule has 0 aliphatic heterocycles. The third-order valence-electron chi connectivity index (χ3n) is 2.89. The van der Waals surface area contributed by atoms with E-state index in [9.17, 15) is 4.79 Å². The van der Waals surface area contributed by atoms with Gasteiger partial charge < -0.3 is 10.1 Å². The van der Waals surface area contributed by atoms with Crippen molar-refractivity contribution < 1.29 is 9.53 Å². The fourth-order valence-electron chi connectivity index (χ4n) is 1.63. The summed E-state index contributed by atoms with van der Waals surface area (Å²) in [6.07, 6.45) is 2.14. The maximum atomic E-state index is 12.1. The van der Waals surface area contributed by atoms with Crippen molar-refractivity contribution in [1.29, 1.82) is 0 Å². The lowest BCUT2D eigenvalue weighted by molar-refractivity contribution is -0.128. The molecule has 0 aliphatic rings. The van der Waals surface area contributed by atoms with E-state index in [0.29, 0.717) is 5.82 Å². The Balaban J connectivity index is 2.80. The van der Waals surface area contributed by atoms with E-state index in [-0.39, 0.29) is 11.8 Å². The van der Waals surface area contributed by atoms with Crippen LogP contribution in [0.2, 0.25) is 0 Å². The minimum Gasteiger partial charge on any atom is -0.371 e. The van der Waals surface area contributed by atoms with Gasteiger partial charge in [-0.1, -0.05) is 20.3 Å². The van der Waals surface area contributed by atoms with Crippen molar-refractivity contribution in [3.63, 3.8) is 0 Å². The summed E-state index contributed by atoms with van der Waals surface area (Å²) in [5.74, 6) is 0.527. The lowest BCUT2D eigenvalue weighted by atomic mass is 10.0. The van der Waals surface area contributed by atoms with Crippen LogP contribution in [0.15, 0.2) is 16.7 Å². The zero-order valence-corrected chi connectivity index (χ0v) is 12.7. The average Bonchev–Trinajstić information content (AvgIpc) is 2.33. The van der Waals surface area contributed by atoms with Crippen LogP contribution in [-0.2, 0) is 9.53 Å². The maximum Gasteiger partial charge on any atom is 0.254 e. The van der Waals surface area contributed by atoms with Crippen LogP contribution in [0, 0.1) is 12.8 Å². The molecule has 0 aliphatic carbocycles. The quantitative estimate of drug-likeness (QED) is 0.908. The number of aromatic nitrogens is 1. The number of halogens is 1. The van der Waals surface area contributed by atoms with E-state index in [1.165, 1.54) is 0 Å². The Kier molecular flexibility index (Phi) is 5.75. The SMILES string of the molecule is CCC(C)C(OC)C(=O)Nc1ncc(C)cc1Br. The molecule has 1 heterocycles. The van der Waals surface area contributed by atoms with Gasteiger partial charge in [-0.25, -0.2) is 4.98 Å². The van der Waals surface area contributed by atoms with Gasteiger partial charge in [0.1, 0.15) is 11.9 Å². The van der Waals surface area contributed by atoms with Crippen molar-refractivity contribution in [1.82, 2.24) is 4.98 Å². The second-order valence-electron chi connectivity index (χ2n) is 4.37. The van der Waals surface area contributed by atoms with Crippen molar-refractivity contribution in [3.8, 4) is 0 Å². The number of methoxy groups -OCH3 is 1. The molecule has 2 atom stereocenters. The number of hydrogen-bond donors (Lipinski definition) is 1. The minimum absolute atomic E-state index is 0.163. The number of ether oxygens (including phenoxy) is 1. The Labute approximate surface area is 116 Å². The molecule has 5 heteroatoms. The molecule has 0 spiro atoms. The lowest BCUT2D eigenvalue weighted by Gasteiger charge is -2.20. The van der Waals surface area contributed by atoms with E-state index in [1.54, 1.807) is 13.3 Å². The standard InChI is InChI=1S/C13H19BrN2O2/c1-5-9(3)11(18-4)13(17)16-12-10(14)6-8(2)7-15-12/h6-7,9,11H,5H2,1-4H3,(H,15,16,17). The van der Waals surface area contributed by atoms with Crippen LogP contribution < -0.4 is 5.32 Å². The number of nitrogens with one attached hydrogen (secondary N) is 1. The first-order valence-electron chi connectivity index (χ1n) is 5.95. The first kappa shape index (κ1) is 15.1. The van der Waals surface area contributed by atoms with Gasteiger partial charge in [-0.3, -0.25) is 4.79 Å². The normalized spacial score (nSPS) is 14.1. The number of aryl methyl sites for hydroxylation is 1. The molecule has 0 bridgehead atoms. The van der Waals surface area contributed by atoms with Crippen LogP contribution in [0.3, 0.4) is 0 Å². The van der Waals surface area contributed by atoms with E-state index in [0.717, 1.165) is 16.5 Å². The van der Waals surface area contributed by atoms with Gasteiger partial charge in [0, 0.05) is 13.3 Å². The number of hydrogen-bond acceptors (Lipinski definition) is 3. The zero-order valence-electron chi connectivity index (χ0n) is 11.2.